The summed E-state index contributed by atoms with van der Waals surface area (Å²) in [5.74, 6) is 0. The quantitative estimate of drug-likeness (QED) is 0.726. The van der Waals surface area contributed by atoms with Crippen LogP contribution in [0.25, 0.3) is 10.9 Å². The minimum Gasteiger partial charge on any atom is -0.256 e. The summed E-state index contributed by atoms with van der Waals surface area (Å²) in [6.45, 7) is 0. The van der Waals surface area contributed by atoms with Gasteiger partial charge in [0.1, 0.15) is 0 Å². The van der Waals surface area contributed by atoms with Crippen LogP contribution in [0, 0.1) is 37.3 Å². The zero-order valence-electron chi connectivity index (χ0n) is 5.78. The van der Waals surface area contributed by atoms with Gasteiger partial charge in [0, 0.05) is 48.9 Å². The van der Waals surface area contributed by atoms with E-state index >= 15 is 0 Å². The zero-order chi connectivity index (χ0) is 6.81. The van der Waals surface area contributed by atoms with Gasteiger partial charge in [0.15, 0.2) is 0 Å². The molecule has 0 fully saturated rings. The molecule has 2 aromatic rings. The molecular formula is C9H7ErN. The minimum atomic E-state index is 0. The van der Waals surface area contributed by atoms with Crippen LogP contribution in [0.2, 0.25) is 0 Å². The monoisotopic (exact) mass is 295 g/mol. The van der Waals surface area contributed by atoms with Crippen molar-refractivity contribution in [2.45, 2.75) is 0 Å². The molecule has 1 aromatic carbocycles. The van der Waals surface area contributed by atoms with E-state index in [2.05, 4.69) is 17.1 Å². The van der Waals surface area contributed by atoms with Crippen LogP contribution in [0.5, 0.6) is 0 Å². The van der Waals surface area contributed by atoms with Gasteiger partial charge in [-0.15, -0.1) is 0 Å². The Bertz CT molecular complexity index is 281. The third-order valence-electron chi connectivity index (χ3n) is 1.51. The largest absolute Gasteiger partial charge is 0.256 e. The molecule has 0 aliphatic carbocycles. The van der Waals surface area contributed by atoms with E-state index in [1.165, 1.54) is 5.39 Å². The number of benzene rings is 1. The van der Waals surface area contributed by atoms with Crippen LogP contribution in [0.15, 0.2) is 42.6 Å². The number of hydrogen-bond acceptors (Lipinski definition) is 1. The molecule has 0 N–H and O–H groups in total. The molecule has 1 nitrogen and oxygen atoms in total. The third-order valence-corrected chi connectivity index (χ3v) is 1.51. The van der Waals surface area contributed by atoms with E-state index in [1.54, 1.807) is 0 Å². The summed E-state index contributed by atoms with van der Waals surface area (Å²) in [6, 6.07) is 12.1. The molecule has 0 radical (unpaired) electrons. The maximum Gasteiger partial charge on any atom is 0.0701 e. The summed E-state index contributed by atoms with van der Waals surface area (Å²) < 4.78 is 0. The van der Waals surface area contributed by atoms with Gasteiger partial charge in [0.05, 0.1) is 5.52 Å². The molecule has 11 heavy (non-hydrogen) atoms. The van der Waals surface area contributed by atoms with Gasteiger partial charge in [0.25, 0.3) is 0 Å². The summed E-state index contributed by atoms with van der Waals surface area (Å²) in [6.07, 6.45) is 1.81. The maximum absolute atomic E-state index is 4.18. The first kappa shape index (κ1) is 8.97. The van der Waals surface area contributed by atoms with Gasteiger partial charge in [-0.05, 0) is 12.1 Å². The van der Waals surface area contributed by atoms with Crippen LogP contribution >= 0.6 is 0 Å². The van der Waals surface area contributed by atoms with Gasteiger partial charge in [0.2, 0.25) is 0 Å². The van der Waals surface area contributed by atoms with E-state index in [0.717, 1.165) is 5.52 Å². The molecule has 0 atom stereocenters. The van der Waals surface area contributed by atoms with Crippen molar-refractivity contribution in [1.82, 2.24) is 4.98 Å². The Kier molecular flexibility index (Phi) is 3.30. The van der Waals surface area contributed by atoms with Crippen molar-refractivity contribution in [1.29, 1.82) is 0 Å². The predicted molar refractivity (Wildman–Crippen MR) is 41.7 cm³/mol. The summed E-state index contributed by atoms with van der Waals surface area (Å²) >= 11 is 0. The van der Waals surface area contributed by atoms with E-state index in [9.17, 15) is 0 Å². The van der Waals surface area contributed by atoms with Gasteiger partial charge in [-0.3, -0.25) is 4.98 Å². The fourth-order valence-electron chi connectivity index (χ4n) is 1.02. The Hall–Kier alpha value is -0.123. The van der Waals surface area contributed by atoms with Crippen LogP contribution in [-0.2, 0) is 0 Å². The van der Waals surface area contributed by atoms with Gasteiger partial charge < -0.3 is 0 Å². The van der Waals surface area contributed by atoms with Crippen molar-refractivity contribution in [2.24, 2.45) is 0 Å². The molecular weight excluding hydrogens is 289 g/mol. The van der Waals surface area contributed by atoms with Crippen LogP contribution < -0.4 is 0 Å². The molecule has 2 heteroatoms. The third kappa shape index (κ3) is 1.92. The molecule has 0 amide bonds. The Labute approximate surface area is 95.0 Å². The van der Waals surface area contributed by atoms with E-state index in [1.807, 2.05) is 30.5 Å². The van der Waals surface area contributed by atoms with Gasteiger partial charge in [-0.1, -0.05) is 24.3 Å². The van der Waals surface area contributed by atoms with Crippen LogP contribution in [0.3, 0.4) is 0 Å². The van der Waals surface area contributed by atoms with Crippen molar-refractivity contribution in [3.63, 3.8) is 0 Å². The van der Waals surface area contributed by atoms with E-state index in [0.29, 0.717) is 0 Å². The summed E-state index contributed by atoms with van der Waals surface area (Å²) in [7, 11) is 0. The van der Waals surface area contributed by atoms with Crippen molar-refractivity contribution in [3.05, 3.63) is 42.6 Å². The predicted octanol–water partition coefficient (Wildman–Crippen LogP) is 2.23. The molecule has 0 aliphatic rings. The van der Waals surface area contributed by atoms with Crippen molar-refractivity contribution < 1.29 is 37.3 Å². The molecule has 0 saturated heterocycles. The second kappa shape index (κ2) is 4.04. The smallest absolute Gasteiger partial charge is 0.0701 e. The fourth-order valence-corrected chi connectivity index (χ4v) is 1.02. The normalized spacial score (nSPS) is 9.09. The Balaban J connectivity index is 0.000000605. The molecule has 1 aromatic heterocycles. The molecule has 0 saturated carbocycles. The Morgan fingerprint density at radius 2 is 1.64 bits per heavy atom. The number of pyridine rings is 1. The SMILES string of the molecule is [Er].c1ccc2ncccc2c1. The summed E-state index contributed by atoms with van der Waals surface area (Å²) in [5.41, 5.74) is 1.06. The first-order valence-corrected chi connectivity index (χ1v) is 3.26. The second-order valence-electron chi connectivity index (χ2n) is 2.20. The van der Waals surface area contributed by atoms with Crippen LogP contribution in [-0.4, -0.2) is 4.98 Å². The van der Waals surface area contributed by atoms with Gasteiger partial charge in [-0.25, -0.2) is 0 Å². The molecule has 1 heterocycles. The molecule has 2 rings (SSSR count). The summed E-state index contributed by atoms with van der Waals surface area (Å²) in [5, 5.41) is 1.20. The van der Waals surface area contributed by atoms with Gasteiger partial charge >= 0.3 is 0 Å². The first-order chi connectivity index (χ1) is 4.97. The maximum atomic E-state index is 4.18. The minimum absolute atomic E-state index is 0. The molecule has 60 valence electrons. The average molecular weight is 296 g/mol. The number of nitrogens with zero attached hydrogens (tertiary/aromatic N) is 1. The molecule has 0 spiro atoms. The van der Waals surface area contributed by atoms with Crippen molar-refractivity contribution >= 4 is 10.9 Å². The zero-order valence-corrected chi connectivity index (χ0v) is 7.63. The first-order valence-electron chi connectivity index (χ1n) is 3.26. The number of hydrogen-bond donors (Lipinski definition) is 0. The average Bonchev–Trinajstić information content (AvgIpc) is 2.05. The Morgan fingerprint density at radius 3 is 2.45 bits per heavy atom. The molecule has 0 bridgehead atoms. The Morgan fingerprint density at radius 1 is 0.909 bits per heavy atom. The van der Waals surface area contributed by atoms with Gasteiger partial charge in [-0.2, -0.15) is 0 Å². The number of aromatic nitrogens is 1. The molecule has 0 unspecified atom stereocenters. The van der Waals surface area contributed by atoms with Crippen molar-refractivity contribution in [2.75, 3.05) is 0 Å². The molecule has 0 aliphatic heterocycles. The van der Waals surface area contributed by atoms with Crippen LogP contribution in [0.4, 0.5) is 0 Å². The van der Waals surface area contributed by atoms with E-state index in [4.69, 9.17) is 0 Å². The number of para-hydroxylation sites is 1. The standard InChI is InChI=1S/C9H7N.Er/c1-2-6-9-8(4-1)5-3-7-10-9;/h1-7H;. The van der Waals surface area contributed by atoms with E-state index in [-0.39, 0.29) is 37.3 Å². The number of rotatable bonds is 0. The van der Waals surface area contributed by atoms with Crippen LogP contribution in [0.1, 0.15) is 0 Å². The topological polar surface area (TPSA) is 12.9 Å². The fraction of sp³-hybridized carbons (Fsp3) is 0. The second-order valence-corrected chi connectivity index (χ2v) is 2.20. The number of fused-ring (bicyclic) bond motifs is 1. The van der Waals surface area contributed by atoms with Crippen molar-refractivity contribution in [3.8, 4) is 0 Å². The summed E-state index contributed by atoms with van der Waals surface area (Å²) in [4.78, 5) is 4.18. The van der Waals surface area contributed by atoms with E-state index < -0.39 is 0 Å².